The highest BCUT2D eigenvalue weighted by molar-refractivity contribution is 4.96. The van der Waals surface area contributed by atoms with E-state index in [4.69, 9.17) is 0 Å². The lowest BCUT2D eigenvalue weighted by atomic mass is 9.68. The largest absolute Gasteiger partial charge is 0.317 e. The van der Waals surface area contributed by atoms with Gasteiger partial charge < -0.3 is 10.2 Å². The van der Waals surface area contributed by atoms with Crippen molar-refractivity contribution in [2.24, 2.45) is 11.3 Å². The SMILES string of the molecule is C1CC2(C1)CCN(CC1CCNCC1)C2. The van der Waals surface area contributed by atoms with Crippen molar-refractivity contribution in [3.63, 3.8) is 0 Å². The quantitative estimate of drug-likeness (QED) is 0.745. The second-order valence-corrected chi connectivity index (χ2v) is 6.03. The summed E-state index contributed by atoms with van der Waals surface area (Å²) < 4.78 is 0. The Morgan fingerprint density at radius 3 is 2.53 bits per heavy atom. The van der Waals surface area contributed by atoms with Gasteiger partial charge in [0.2, 0.25) is 0 Å². The summed E-state index contributed by atoms with van der Waals surface area (Å²) in [6.07, 6.45) is 8.86. The molecule has 3 aliphatic rings. The van der Waals surface area contributed by atoms with Crippen molar-refractivity contribution in [2.45, 2.75) is 38.5 Å². The van der Waals surface area contributed by atoms with Crippen LogP contribution in [-0.2, 0) is 0 Å². The molecular weight excluding hydrogens is 184 g/mol. The van der Waals surface area contributed by atoms with Crippen molar-refractivity contribution < 1.29 is 0 Å². The average molecular weight is 208 g/mol. The standard InChI is InChI=1S/C13H24N2/c1-4-13(5-1)6-9-15(11-13)10-12-2-7-14-8-3-12/h12,14H,1-11H2. The highest BCUT2D eigenvalue weighted by Crippen LogP contribution is 2.48. The van der Waals surface area contributed by atoms with Crippen LogP contribution in [0.1, 0.15) is 38.5 Å². The molecule has 0 aromatic heterocycles. The first-order valence-electron chi connectivity index (χ1n) is 6.79. The van der Waals surface area contributed by atoms with Crippen LogP contribution >= 0.6 is 0 Å². The lowest BCUT2D eigenvalue weighted by Gasteiger charge is -2.38. The Hall–Kier alpha value is -0.0800. The summed E-state index contributed by atoms with van der Waals surface area (Å²) in [4.78, 5) is 2.76. The molecule has 2 saturated heterocycles. The van der Waals surface area contributed by atoms with E-state index in [-0.39, 0.29) is 0 Å². The third-order valence-electron chi connectivity index (χ3n) is 4.91. The Morgan fingerprint density at radius 2 is 1.93 bits per heavy atom. The summed E-state index contributed by atoms with van der Waals surface area (Å²) in [5.41, 5.74) is 0.799. The molecule has 0 bridgehead atoms. The van der Waals surface area contributed by atoms with E-state index in [9.17, 15) is 0 Å². The molecule has 15 heavy (non-hydrogen) atoms. The Morgan fingerprint density at radius 1 is 1.13 bits per heavy atom. The normalized spacial score (nSPS) is 32.0. The van der Waals surface area contributed by atoms with Crippen LogP contribution in [0.25, 0.3) is 0 Å². The van der Waals surface area contributed by atoms with Crippen molar-refractivity contribution >= 4 is 0 Å². The predicted molar refractivity (Wildman–Crippen MR) is 62.9 cm³/mol. The molecule has 0 amide bonds. The number of piperidine rings is 1. The maximum atomic E-state index is 3.46. The monoisotopic (exact) mass is 208 g/mol. The fourth-order valence-electron chi connectivity index (χ4n) is 3.70. The fourth-order valence-corrected chi connectivity index (χ4v) is 3.70. The third-order valence-corrected chi connectivity index (χ3v) is 4.91. The molecule has 3 rings (SSSR count). The minimum absolute atomic E-state index is 0.799. The molecule has 1 N–H and O–H groups in total. The van der Waals surface area contributed by atoms with Crippen LogP contribution in [0.15, 0.2) is 0 Å². The van der Waals surface area contributed by atoms with Crippen LogP contribution in [-0.4, -0.2) is 37.6 Å². The van der Waals surface area contributed by atoms with E-state index in [0.717, 1.165) is 11.3 Å². The molecule has 2 aliphatic heterocycles. The molecule has 0 aromatic carbocycles. The topological polar surface area (TPSA) is 15.3 Å². The van der Waals surface area contributed by atoms with E-state index >= 15 is 0 Å². The molecule has 2 heteroatoms. The minimum atomic E-state index is 0.799. The lowest BCUT2D eigenvalue weighted by molar-refractivity contribution is 0.130. The summed E-state index contributed by atoms with van der Waals surface area (Å²) >= 11 is 0. The van der Waals surface area contributed by atoms with Gasteiger partial charge in [0, 0.05) is 13.1 Å². The van der Waals surface area contributed by atoms with Crippen molar-refractivity contribution in [2.75, 3.05) is 32.7 Å². The van der Waals surface area contributed by atoms with E-state index in [1.165, 1.54) is 71.2 Å². The van der Waals surface area contributed by atoms with Gasteiger partial charge in [-0.15, -0.1) is 0 Å². The smallest absolute Gasteiger partial charge is 0.00386 e. The third kappa shape index (κ3) is 2.07. The summed E-state index contributed by atoms with van der Waals surface area (Å²) in [6.45, 7) is 6.72. The molecule has 1 aliphatic carbocycles. The molecule has 0 atom stereocenters. The maximum Gasteiger partial charge on any atom is 0.00386 e. The Bertz CT molecular complexity index is 217. The molecule has 0 aromatic rings. The molecular formula is C13H24N2. The molecule has 2 nitrogen and oxygen atoms in total. The first kappa shape index (κ1) is 10.1. The van der Waals surface area contributed by atoms with Gasteiger partial charge in [-0.3, -0.25) is 0 Å². The van der Waals surface area contributed by atoms with Crippen LogP contribution in [0.5, 0.6) is 0 Å². The van der Waals surface area contributed by atoms with Gasteiger partial charge in [-0.25, -0.2) is 0 Å². The van der Waals surface area contributed by atoms with Crippen molar-refractivity contribution in [3.05, 3.63) is 0 Å². The molecule has 1 saturated carbocycles. The Kier molecular flexibility index (Phi) is 2.73. The van der Waals surface area contributed by atoms with Gasteiger partial charge in [-0.05, 0) is 63.1 Å². The van der Waals surface area contributed by atoms with Gasteiger partial charge in [0.1, 0.15) is 0 Å². The van der Waals surface area contributed by atoms with Crippen LogP contribution < -0.4 is 5.32 Å². The minimum Gasteiger partial charge on any atom is -0.317 e. The Labute approximate surface area is 93.4 Å². The van der Waals surface area contributed by atoms with E-state index in [0.29, 0.717) is 0 Å². The fraction of sp³-hybridized carbons (Fsp3) is 1.00. The van der Waals surface area contributed by atoms with Gasteiger partial charge in [0.15, 0.2) is 0 Å². The summed E-state index contributed by atoms with van der Waals surface area (Å²) in [5, 5.41) is 3.46. The van der Waals surface area contributed by atoms with Crippen molar-refractivity contribution in [1.29, 1.82) is 0 Å². The molecule has 0 unspecified atom stereocenters. The zero-order valence-electron chi connectivity index (χ0n) is 9.80. The van der Waals surface area contributed by atoms with Gasteiger partial charge in [0.25, 0.3) is 0 Å². The first-order valence-corrected chi connectivity index (χ1v) is 6.79. The van der Waals surface area contributed by atoms with E-state index in [1.807, 2.05) is 0 Å². The second-order valence-electron chi connectivity index (χ2n) is 6.03. The number of rotatable bonds is 2. The highest BCUT2D eigenvalue weighted by atomic mass is 15.2. The van der Waals surface area contributed by atoms with E-state index < -0.39 is 0 Å². The molecule has 3 fully saturated rings. The van der Waals surface area contributed by atoms with Crippen LogP contribution in [0.2, 0.25) is 0 Å². The van der Waals surface area contributed by atoms with Crippen LogP contribution in [0.4, 0.5) is 0 Å². The van der Waals surface area contributed by atoms with Crippen molar-refractivity contribution in [1.82, 2.24) is 10.2 Å². The highest BCUT2D eigenvalue weighted by Gasteiger charge is 2.42. The van der Waals surface area contributed by atoms with Crippen LogP contribution in [0.3, 0.4) is 0 Å². The first-order chi connectivity index (χ1) is 7.36. The summed E-state index contributed by atoms with van der Waals surface area (Å²) in [6, 6.07) is 0. The molecule has 86 valence electrons. The molecule has 2 heterocycles. The number of nitrogens with zero attached hydrogens (tertiary/aromatic N) is 1. The molecule has 1 spiro atoms. The van der Waals surface area contributed by atoms with Crippen LogP contribution in [0, 0.1) is 11.3 Å². The second kappa shape index (κ2) is 4.06. The van der Waals surface area contributed by atoms with Crippen molar-refractivity contribution in [3.8, 4) is 0 Å². The number of likely N-dealkylation sites (tertiary alicyclic amines) is 1. The number of nitrogens with one attached hydrogen (secondary N) is 1. The van der Waals surface area contributed by atoms with E-state index in [2.05, 4.69) is 10.2 Å². The number of hydrogen-bond acceptors (Lipinski definition) is 2. The Balaban J connectivity index is 1.47. The zero-order valence-corrected chi connectivity index (χ0v) is 9.80. The summed E-state index contributed by atoms with van der Waals surface area (Å²) in [5.74, 6) is 0.987. The number of hydrogen-bond donors (Lipinski definition) is 1. The predicted octanol–water partition coefficient (Wildman–Crippen LogP) is 1.86. The van der Waals surface area contributed by atoms with E-state index in [1.54, 1.807) is 0 Å². The van der Waals surface area contributed by atoms with Gasteiger partial charge >= 0.3 is 0 Å². The lowest BCUT2D eigenvalue weighted by Crippen LogP contribution is -2.37. The maximum absolute atomic E-state index is 3.46. The van der Waals surface area contributed by atoms with Gasteiger partial charge in [-0.1, -0.05) is 6.42 Å². The average Bonchev–Trinajstić information content (AvgIpc) is 2.63. The van der Waals surface area contributed by atoms with Gasteiger partial charge in [-0.2, -0.15) is 0 Å². The summed E-state index contributed by atoms with van der Waals surface area (Å²) in [7, 11) is 0. The van der Waals surface area contributed by atoms with Gasteiger partial charge in [0.05, 0.1) is 0 Å². The zero-order chi connectivity index (χ0) is 10.1. The molecule has 0 radical (unpaired) electrons.